The molecule has 1 aliphatic carbocycles. The van der Waals surface area contributed by atoms with Gasteiger partial charge in [0, 0.05) is 24.3 Å². The van der Waals surface area contributed by atoms with Crippen LogP contribution in [0.2, 0.25) is 0 Å². The van der Waals surface area contributed by atoms with Crippen LogP contribution in [0.25, 0.3) is 0 Å². The number of nitrogens with two attached hydrogens (primary N) is 1. The minimum Gasteiger partial charge on any atom is -0.325 e. The Morgan fingerprint density at radius 1 is 1.50 bits per heavy atom. The Morgan fingerprint density at radius 2 is 2.36 bits per heavy atom. The van der Waals surface area contributed by atoms with E-state index in [1.807, 2.05) is 11.8 Å². The van der Waals surface area contributed by atoms with E-state index < -0.39 is 0 Å². The molecular formula is C10H15N3S. The average Bonchev–Trinajstić information content (AvgIpc) is 2.99. The van der Waals surface area contributed by atoms with E-state index >= 15 is 0 Å². The molecule has 3 nitrogen and oxygen atoms in total. The van der Waals surface area contributed by atoms with Crippen molar-refractivity contribution in [3.05, 3.63) is 17.0 Å². The van der Waals surface area contributed by atoms with Crippen LogP contribution in [0, 0.1) is 0 Å². The summed E-state index contributed by atoms with van der Waals surface area (Å²) in [5.74, 6) is 2.34. The summed E-state index contributed by atoms with van der Waals surface area (Å²) in [6, 6.07) is 0.671. The molecule has 0 saturated heterocycles. The molecule has 4 heteroatoms. The van der Waals surface area contributed by atoms with Gasteiger partial charge in [-0.2, -0.15) is 16.9 Å². The highest BCUT2D eigenvalue weighted by molar-refractivity contribution is 7.98. The van der Waals surface area contributed by atoms with Gasteiger partial charge in [-0.3, -0.25) is 4.68 Å². The fraction of sp³-hybridized carbons (Fsp3) is 0.700. The van der Waals surface area contributed by atoms with Gasteiger partial charge < -0.3 is 5.73 Å². The first-order chi connectivity index (χ1) is 6.90. The van der Waals surface area contributed by atoms with E-state index in [1.54, 1.807) is 0 Å². The van der Waals surface area contributed by atoms with Crippen molar-refractivity contribution in [1.82, 2.24) is 9.78 Å². The van der Waals surface area contributed by atoms with Gasteiger partial charge in [-0.25, -0.2) is 0 Å². The second kappa shape index (κ2) is 3.28. The summed E-state index contributed by atoms with van der Waals surface area (Å²) in [5, 5.41) is 4.71. The van der Waals surface area contributed by atoms with Crippen LogP contribution in [0.15, 0.2) is 0 Å². The lowest BCUT2D eigenvalue weighted by molar-refractivity contribution is 0.599. The van der Waals surface area contributed by atoms with Crippen molar-refractivity contribution >= 4 is 11.8 Å². The standard InChI is InChI=1S/C10H15N3S/c11-5-10-8-6-14-4-3-9(8)12-13(10)7-1-2-7/h7H,1-6,11H2. The fourth-order valence-electron chi connectivity index (χ4n) is 2.10. The van der Waals surface area contributed by atoms with Crippen molar-refractivity contribution in [3.8, 4) is 0 Å². The monoisotopic (exact) mass is 209 g/mol. The van der Waals surface area contributed by atoms with Gasteiger partial charge in [-0.05, 0) is 18.6 Å². The Morgan fingerprint density at radius 3 is 3.07 bits per heavy atom. The molecule has 1 aliphatic heterocycles. The molecule has 1 fully saturated rings. The minimum absolute atomic E-state index is 0.652. The van der Waals surface area contributed by atoms with E-state index in [9.17, 15) is 0 Å². The van der Waals surface area contributed by atoms with E-state index in [-0.39, 0.29) is 0 Å². The fourth-order valence-corrected chi connectivity index (χ4v) is 3.12. The molecule has 3 rings (SSSR count). The quantitative estimate of drug-likeness (QED) is 0.802. The molecule has 0 spiro atoms. The summed E-state index contributed by atoms with van der Waals surface area (Å²) in [7, 11) is 0. The molecule has 1 aromatic heterocycles. The van der Waals surface area contributed by atoms with Crippen LogP contribution in [0.1, 0.15) is 35.8 Å². The molecule has 0 aromatic carbocycles. The van der Waals surface area contributed by atoms with Crippen LogP contribution in [0.5, 0.6) is 0 Å². The predicted octanol–water partition coefficient (Wildman–Crippen LogP) is 1.47. The van der Waals surface area contributed by atoms with Crippen LogP contribution in [0.4, 0.5) is 0 Å². The number of hydrogen-bond donors (Lipinski definition) is 1. The van der Waals surface area contributed by atoms with Crippen molar-refractivity contribution in [2.75, 3.05) is 5.75 Å². The van der Waals surface area contributed by atoms with Crippen LogP contribution in [0.3, 0.4) is 0 Å². The lowest BCUT2D eigenvalue weighted by atomic mass is 10.1. The van der Waals surface area contributed by atoms with Gasteiger partial charge in [0.05, 0.1) is 17.4 Å². The summed E-state index contributed by atoms with van der Waals surface area (Å²) in [4.78, 5) is 0. The number of fused-ring (bicyclic) bond motifs is 1. The Kier molecular flexibility index (Phi) is 2.06. The van der Waals surface area contributed by atoms with Crippen molar-refractivity contribution in [1.29, 1.82) is 0 Å². The van der Waals surface area contributed by atoms with Crippen LogP contribution in [-0.4, -0.2) is 15.5 Å². The molecule has 1 aromatic rings. The molecule has 14 heavy (non-hydrogen) atoms. The Labute approximate surface area is 88.0 Å². The number of nitrogens with zero attached hydrogens (tertiary/aromatic N) is 2. The molecule has 2 heterocycles. The molecule has 2 N–H and O–H groups in total. The van der Waals surface area contributed by atoms with Gasteiger partial charge in [0.15, 0.2) is 0 Å². The maximum Gasteiger partial charge on any atom is 0.0676 e. The van der Waals surface area contributed by atoms with Gasteiger partial charge in [-0.15, -0.1) is 0 Å². The second-order valence-electron chi connectivity index (χ2n) is 4.05. The third-order valence-electron chi connectivity index (χ3n) is 3.02. The average molecular weight is 209 g/mol. The molecule has 0 unspecified atom stereocenters. The topological polar surface area (TPSA) is 43.8 Å². The van der Waals surface area contributed by atoms with Gasteiger partial charge >= 0.3 is 0 Å². The third-order valence-corrected chi connectivity index (χ3v) is 4.00. The molecule has 0 amide bonds. The summed E-state index contributed by atoms with van der Waals surface area (Å²) in [6.45, 7) is 0.652. The first kappa shape index (κ1) is 8.80. The highest BCUT2D eigenvalue weighted by atomic mass is 32.2. The first-order valence-corrected chi connectivity index (χ1v) is 6.42. The maximum atomic E-state index is 5.81. The molecular weight excluding hydrogens is 194 g/mol. The Hall–Kier alpha value is -0.480. The smallest absolute Gasteiger partial charge is 0.0676 e. The zero-order valence-electron chi connectivity index (χ0n) is 8.20. The summed E-state index contributed by atoms with van der Waals surface area (Å²) in [6.07, 6.45) is 3.72. The van der Waals surface area contributed by atoms with Crippen molar-refractivity contribution < 1.29 is 0 Å². The third kappa shape index (κ3) is 1.28. The second-order valence-corrected chi connectivity index (χ2v) is 5.16. The highest BCUT2D eigenvalue weighted by Crippen LogP contribution is 2.38. The maximum absolute atomic E-state index is 5.81. The zero-order valence-corrected chi connectivity index (χ0v) is 9.02. The Bertz CT molecular complexity index is 354. The van der Waals surface area contributed by atoms with E-state index in [2.05, 4.69) is 4.68 Å². The number of thioether (sulfide) groups is 1. The molecule has 0 radical (unpaired) electrons. The van der Waals surface area contributed by atoms with Crippen LogP contribution < -0.4 is 5.73 Å². The molecule has 0 atom stereocenters. The van der Waals surface area contributed by atoms with Gasteiger partial charge in [0.1, 0.15) is 0 Å². The minimum atomic E-state index is 0.652. The summed E-state index contributed by atoms with van der Waals surface area (Å²) >= 11 is 2.00. The van der Waals surface area contributed by atoms with Gasteiger partial charge in [0.2, 0.25) is 0 Å². The van der Waals surface area contributed by atoms with Crippen molar-refractivity contribution in [2.45, 2.75) is 37.6 Å². The van der Waals surface area contributed by atoms with E-state index in [0.29, 0.717) is 12.6 Å². The largest absolute Gasteiger partial charge is 0.325 e. The van der Waals surface area contributed by atoms with E-state index in [0.717, 1.165) is 12.2 Å². The molecule has 2 aliphatic rings. The normalized spacial score (nSPS) is 20.9. The predicted molar refractivity (Wildman–Crippen MR) is 58.3 cm³/mol. The number of aromatic nitrogens is 2. The molecule has 1 saturated carbocycles. The van der Waals surface area contributed by atoms with E-state index in [1.165, 1.54) is 35.5 Å². The lowest BCUT2D eigenvalue weighted by Gasteiger charge is -2.10. The number of aryl methyl sites for hydroxylation is 1. The lowest BCUT2D eigenvalue weighted by Crippen LogP contribution is -2.09. The number of rotatable bonds is 2. The van der Waals surface area contributed by atoms with Gasteiger partial charge in [0.25, 0.3) is 0 Å². The number of hydrogen-bond acceptors (Lipinski definition) is 3. The summed E-state index contributed by atoms with van der Waals surface area (Å²) in [5.41, 5.74) is 9.87. The highest BCUT2D eigenvalue weighted by Gasteiger charge is 2.30. The first-order valence-electron chi connectivity index (χ1n) is 5.27. The van der Waals surface area contributed by atoms with E-state index in [4.69, 9.17) is 10.8 Å². The summed E-state index contributed by atoms with van der Waals surface area (Å²) < 4.78 is 2.20. The zero-order chi connectivity index (χ0) is 9.54. The van der Waals surface area contributed by atoms with Gasteiger partial charge in [-0.1, -0.05) is 0 Å². The Balaban J connectivity index is 2.06. The van der Waals surface area contributed by atoms with Crippen molar-refractivity contribution in [3.63, 3.8) is 0 Å². The van der Waals surface area contributed by atoms with Crippen molar-refractivity contribution in [2.24, 2.45) is 5.73 Å². The molecule has 76 valence electrons. The van der Waals surface area contributed by atoms with Crippen LogP contribution >= 0.6 is 11.8 Å². The SMILES string of the molecule is NCc1c2c(nn1C1CC1)CCSC2. The molecule has 0 bridgehead atoms. The van der Waals surface area contributed by atoms with Crippen LogP contribution in [-0.2, 0) is 18.7 Å².